The maximum Gasteiger partial charge on any atom is 0.248 e. The van der Waals surface area contributed by atoms with E-state index in [1.54, 1.807) is 0 Å². The van der Waals surface area contributed by atoms with Crippen molar-refractivity contribution >= 4 is 17.3 Å². The monoisotopic (exact) mass is 292 g/mol. The van der Waals surface area contributed by atoms with Gasteiger partial charge >= 0.3 is 0 Å². The molecule has 0 aliphatic carbocycles. The number of carbonyl (C=O) groups is 1. The largest absolute Gasteiger partial charge is 0.310 e. The van der Waals surface area contributed by atoms with Gasteiger partial charge in [-0.15, -0.1) is 0 Å². The Morgan fingerprint density at radius 1 is 1.09 bits per heavy atom. The fourth-order valence-corrected chi connectivity index (χ4v) is 2.79. The summed E-state index contributed by atoms with van der Waals surface area (Å²) in [6.07, 6.45) is 0.930. The molecule has 0 fully saturated rings. The fraction of sp³-hybridized carbons (Fsp3) is 0.263. The summed E-state index contributed by atoms with van der Waals surface area (Å²) in [5, 5.41) is 0. The fourth-order valence-electron chi connectivity index (χ4n) is 2.79. The lowest BCUT2D eigenvalue weighted by atomic mass is 9.99. The Morgan fingerprint density at radius 2 is 1.82 bits per heavy atom. The third kappa shape index (κ3) is 2.67. The van der Waals surface area contributed by atoms with Gasteiger partial charge in [0.15, 0.2) is 0 Å². The Hall–Kier alpha value is -2.42. The number of anilines is 1. The first kappa shape index (κ1) is 14.5. The van der Waals surface area contributed by atoms with Gasteiger partial charge in [-0.2, -0.15) is 0 Å². The highest BCUT2D eigenvalue weighted by atomic mass is 16.2. The van der Waals surface area contributed by atoms with Crippen molar-refractivity contribution in [2.45, 2.75) is 20.3 Å². The predicted octanol–water partition coefficient (Wildman–Crippen LogP) is 3.59. The van der Waals surface area contributed by atoms with E-state index in [4.69, 9.17) is 0 Å². The Morgan fingerprint density at radius 3 is 2.55 bits per heavy atom. The van der Waals surface area contributed by atoms with Gasteiger partial charge in [-0.05, 0) is 19.4 Å². The number of carbonyl (C=O) groups excluding carboxylic acids is 1. The molecule has 3 rings (SSSR count). The first-order valence-corrected chi connectivity index (χ1v) is 7.72. The molecule has 1 heterocycles. The molecule has 0 radical (unpaired) electrons. The van der Waals surface area contributed by atoms with Crippen molar-refractivity contribution in [1.29, 1.82) is 0 Å². The van der Waals surface area contributed by atoms with E-state index in [1.807, 2.05) is 23.1 Å². The number of fused-ring (bicyclic) bond motifs is 1. The molecule has 0 atom stereocenters. The summed E-state index contributed by atoms with van der Waals surface area (Å²) in [7, 11) is 0. The van der Waals surface area contributed by atoms with Crippen LogP contribution in [0.25, 0.3) is 0 Å². The molecule has 2 aromatic rings. The SMILES string of the molecule is CCCN1C(=O)CN=C(c2ccc(C)cc2)c2ccccc21. The summed E-state index contributed by atoms with van der Waals surface area (Å²) in [6.45, 7) is 5.09. The van der Waals surface area contributed by atoms with Crippen LogP contribution >= 0.6 is 0 Å². The predicted molar refractivity (Wildman–Crippen MR) is 90.8 cm³/mol. The van der Waals surface area contributed by atoms with Crippen LogP contribution in [-0.2, 0) is 4.79 Å². The molecule has 0 N–H and O–H groups in total. The molecule has 112 valence electrons. The lowest BCUT2D eigenvalue weighted by molar-refractivity contribution is -0.117. The van der Waals surface area contributed by atoms with E-state index >= 15 is 0 Å². The zero-order valence-corrected chi connectivity index (χ0v) is 13.0. The Balaban J connectivity index is 2.13. The second-order valence-corrected chi connectivity index (χ2v) is 5.59. The van der Waals surface area contributed by atoms with Crippen molar-refractivity contribution in [2.24, 2.45) is 4.99 Å². The summed E-state index contributed by atoms with van der Waals surface area (Å²) >= 11 is 0. The molecule has 3 heteroatoms. The van der Waals surface area contributed by atoms with Crippen LogP contribution in [0.1, 0.15) is 30.0 Å². The summed E-state index contributed by atoms with van der Waals surface area (Å²) in [6, 6.07) is 16.4. The topological polar surface area (TPSA) is 32.7 Å². The van der Waals surface area contributed by atoms with Crippen LogP contribution in [0.3, 0.4) is 0 Å². The number of benzodiazepines with no additional fused rings is 1. The van der Waals surface area contributed by atoms with Crippen molar-refractivity contribution in [3.63, 3.8) is 0 Å². The van der Waals surface area contributed by atoms with E-state index in [9.17, 15) is 4.79 Å². The molecule has 22 heavy (non-hydrogen) atoms. The smallest absolute Gasteiger partial charge is 0.248 e. The van der Waals surface area contributed by atoms with Crippen molar-refractivity contribution in [2.75, 3.05) is 18.0 Å². The normalized spacial score (nSPS) is 14.4. The molecule has 1 aliphatic heterocycles. The van der Waals surface area contributed by atoms with E-state index in [-0.39, 0.29) is 12.5 Å². The molecule has 1 amide bonds. The molecule has 0 unspecified atom stereocenters. The molecular weight excluding hydrogens is 272 g/mol. The van der Waals surface area contributed by atoms with Crippen LogP contribution in [-0.4, -0.2) is 24.7 Å². The number of nitrogens with zero attached hydrogens (tertiary/aromatic N) is 2. The molecular formula is C19H20N2O. The third-order valence-electron chi connectivity index (χ3n) is 3.90. The van der Waals surface area contributed by atoms with Gasteiger partial charge in [0.2, 0.25) is 5.91 Å². The van der Waals surface area contributed by atoms with E-state index in [1.165, 1.54) is 5.56 Å². The minimum Gasteiger partial charge on any atom is -0.310 e. The Bertz CT molecular complexity index is 716. The number of aryl methyl sites for hydroxylation is 1. The van der Waals surface area contributed by atoms with Crippen molar-refractivity contribution in [3.8, 4) is 0 Å². The molecule has 0 saturated heterocycles. The van der Waals surface area contributed by atoms with Crippen molar-refractivity contribution < 1.29 is 4.79 Å². The second kappa shape index (κ2) is 6.14. The lowest BCUT2D eigenvalue weighted by Gasteiger charge is -2.22. The molecule has 3 nitrogen and oxygen atoms in total. The van der Waals surface area contributed by atoms with Gasteiger partial charge in [0, 0.05) is 17.7 Å². The first-order valence-electron chi connectivity index (χ1n) is 7.72. The summed E-state index contributed by atoms with van der Waals surface area (Å²) in [5.41, 5.74) is 5.18. The Kier molecular flexibility index (Phi) is 4.05. The first-order chi connectivity index (χ1) is 10.7. The molecule has 0 bridgehead atoms. The summed E-state index contributed by atoms with van der Waals surface area (Å²) in [5.74, 6) is 0.0661. The van der Waals surface area contributed by atoms with Gasteiger partial charge in [-0.1, -0.05) is 55.0 Å². The zero-order chi connectivity index (χ0) is 15.5. The maximum atomic E-state index is 12.4. The lowest BCUT2D eigenvalue weighted by Crippen LogP contribution is -2.33. The number of hydrogen-bond acceptors (Lipinski definition) is 2. The minimum absolute atomic E-state index is 0.0661. The summed E-state index contributed by atoms with van der Waals surface area (Å²) < 4.78 is 0. The number of aliphatic imine (C=N–C) groups is 1. The van der Waals surface area contributed by atoms with Crippen molar-refractivity contribution in [3.05, 3.63) is 65.2 Å². The van der Waals surface area contributed by atoms with E-state index in [2.05, 4.69) is 49.2 Å². The van der Waals surface area contributed by atoms with Gasteiger partial charge in [0.25, 0.3) is 0 Å². The molecule has 0 aromatic heterocycles. The quantitative estimate of drug-likeness (QED) is 0.851. The molecule has 1 aliphatic rings. The van der Waals surface area contributed by atoms with Gasteiger partial charge in [0.05, 0.1) is 11.4 Å². The average Bonchev–Trinajstić information content (AvgIpc) is 2.67. The van der Waals surface area contributed by atoms with Gasteiger partial charge in [-0.25, -0.2) is 0 Å². The third-order valence-corrected chi connectivity index (χ3v) is 3.90. The van der Waals surface area contributed by atoms with Crippen LogP contribution in [0, 0.1) is 6.92 Å². The molecule has 0 saturated carbocycles. The van der Waals surface area contributed by atoms with Crippen LogP contribution in [0.4, 0.5) is 5.69 Å². The summed E-state index contributed by atoms with van der Waals surface area (Å²) in [4.78, 5) is 18.9. The average molecular weight is 292 g/mol. The number of rotatable bonds is 3. The van der Waals surface area contributed by atoms with Crippen LogP contribution in [0.2, 0.25) is 0 Å². The number of amides is 1. The number of para-hydroxylation sites is 1. The van der Waals surface area contributed by atoms with Crippen LogP contribution in [0.15, 0.2) is 53.5 Å². The Labute approximate surface area is 131 Å². The van der Waals surface area contributed by atoms with E-state index in [0.29, 0.717) is 0 Å². The maximum absolute atomic E-state index is 12.4. The van der Waals surface area contributed by atoms with Gasteiger partial charge in [0.1, 0.15) is 6.54 Å². The van der Waals surface area contributed by atoms with Gasteiger partial charge < -0.3 is 4.90 Å². The second-order valence-electron chi connectivity index (χ2n) is 5.59. The highest BCUT2D eigenvalue weighted by Gasteiger charge is 2.23. The molecule has 2 aromatic carbocycles. The van der Waals surface area contributed by atoms with Crippen LogP contribution < -0.4 is 4.90 Å². The van der Waals surface area contributed by atoms with Gasteiger partial charge in [-0.3, -0.25) is 9.79 Å². The highest BCUT2D eigenvalue weighted by molar-refractivity contribution is 6.19. The zero-order valence-electron chi connectivity index (χ0n) is 13.0. The minimum atomic E-state index is 0.0661. The van der Waals surface area contributed by atoms with Crippen LogP contribution in [0.5, 0.6) is 0 Å². The standard InChI is InChI=1S/C19H20N2O/c1-3-12-21-17-7-5-4-6-16(17)19(20-13-18(21)22)15-10-8-14(2)9-11-15/h4-11H,3,12-13H2,1-2H3. The van der Waals surface area contributed by atoms with E-state index < -0.39 is 0 Å². The van der Waals surface area contributed by atoms with E-state index in [0.717, 1.165) is 35.5 Å². The van der Waals surface area contributed by atoms with Crippen molar-refractivity contribution in [1.82, 2.24) is 0 Å². The molecule has 0 spiro atoms. The number of benzene rings is 2. The number of hydrogen-bond donors (Lipinski definition) is 0. The highest BCUT2D eigenvalue weighted by Crippen LogP contribution is 2.27.